The zero-order chi connectivity index (χ0) is 17.7. The summed E-state index contributed by atoms with van der Waals surface area (Å²) in [5, 5.41) is 0. The van der Waals surface area contributed by atoms with Crippen molar-refractivity contribution in [2.75, 3.05) is 0 Å². The first-order chi connectivity index (χ1) is 12.7. The molecule has 0 saturated heterocycles. The number of carbonyl (C=O) groups excluding carboxylic acids is 1. The molecule has 5 nitrogen and oxygen atoms in total. The zero-order valence-corrected chi connectivity index (χ0v) is 15.7. The van der Waals surface area contributed by atoms with E-state index in [4.69, 9.17) is 4.74 Å². The number of hydrogen-bond donors (Lipinski definition) is 0. The molecule has 3 aliphatic rings. The van der Waals surface area contributed by atoms with Crippen molar-refractivity contribution in [1.82, 2.24) is 9.38 Å². The number of ether oxygens (including phenoxy) is 1. The molecular weight excluding hydrogens is 348 g/mol. The third-order valence-corrected chi connectivity index (χ3v) is 7.65. The van der Waals surface area contributed by atoms with Crippen LogP contribution >= 0.6 is 11.3 Å². The Labute approximate surface area is 156 Å². The van der Waals surface area contributed by atoms with Crippen LogP contribution in [0.2, 0.25) is 0 Å². The molecule has 0 N–H and O–H groups in total. The Morgan fingerprint density at radius 3 is 2.96 bits per heavy atom. The van der Waals surface area contributed by atoms with Crippen LogP contribution in [0, 0.1) is 17.8 Å². The number of rotatable bonds is 4. The van der Waals surface area contributed by atoms with Gasteiger partial charge < -0.3 is 4.74 Å². The lowest BCUT2D eigenvalue weighted by Crippen LogP contribution is -2.20. The molecule has 5 rings (SSSR count). The van der Waals surface area contributed by atoms with E-state index in [-0.39, 0.29) is 18.1 Å². The third kappa shape index (κ3) is 2.88. The molecular formula is C20H24N2O3S. The summed E-state index contributed by atoms with van der Waals surface area (Å²) in [6.07, 6.45) is 9.94. The average Bonchev–Trinajstić information content (AvgIpc) is 3.33. The second-order valence-electron chi connectivity index (χ2n) is 8.18. The lowest BCUT2D eigenvalue weighted by atomic mass is 9.86. The second kappa shape index (κ2) is 6.48. The SMILES string of the molecule is O=C(C[C@H]1C[C@H]2CC[C@@H]1C2)OCc1cc(=O)n2c3c(sc2n1)CCCC3. The monoisotopic (exact) mass is 372 g/mol. The van der Waals surface area contributed by atoms with Gasteiger partial charge in [0.25, 0.3) is 5.56 Å². The van der Waals surface area contributed by atoms with Crippen LogP contribution in [0.15, 0.2) is 10.9 Å². The second-order valence-corrected chi connectivity index (χ2v) is 9.24. The van der Waals surface area contributed by atoms with Crippen molar-refractivity contribution < 1.29 is 9.53 Å². The first kappa shape index (κ1) is 16.5. The Bertz CT molecular complexity index is 916. The van der Waals surface area contributed by atoms with E-state index in [1.54, 1.807) is 15.7 Å². The van der Waals surface area contributed by atoms with Gasteiger partial charge in [0.2, 0.25) is 0 Å². The highest BCUT2D eigenvalue weighted by molar-refractivity contribution is 7.17. The van der Waals surface area contributed by atoms with Crippen LogP contribution < -0.4 is 5.56 Å². The molecule has 0 aromatic carbocycles. The largest absolute Gasteiger partial charge is 0.459 e. The van der Waals surface area contributed by atoms with Gasteiger partial charge in [-0.1, -0.05) is 6.42 Å². The minimum atomic E-state index is -0.143. The van der Waals surface area contributed by atoms with Crippen molar-refractivity contribution in [3.05, 3.63) is 32.7 Å². The fourth-order valence-corrected chi connectivity index (χ4v) is 6.50. The first-order valence-electron chi connectivity index (χ1n) is 9.86. The van der Waals surface area contributed by atoms with Gasteiger partial charge in [-0.25, -0.2) is 4.98 Å². The molecule has 0 spiro atoms. The Balaban J connectivity index is 1.27. The maximum atomic E-state index is 12.5. The highest BCUT2D eigenvalue weighted by Gasteiger charge is 2.40. The van der Waals surface area contributed by atoms with E-state index >= 15 is 0 Å². The van der Waals surface area contributed by atoms with Gasteiger partial charge in [0.1, 0.15) is 6.61 Å². The van der Waals surface area contributed by atoms with Crippen LogP contribution in [0.5, 0.6) is 0 Å². The van der Waals surface area contributed by atoms with Crippen LogP contribution in [0.4, 0.5) is 0 Å². The Morgan fingerprint density at radius 2 is 2.15 bits per heavy atom. The molecule has 3 atom stereocenters. The van der Waals surface area contributed by atoms with Gasteiger partial charge in [0, 0.05) is 23.1 Å². The lowest BCUT2D eigenvalue weighted by molar-refractivity contribution is -0.146. The Hall–Kier alpha value is -1.69. The summed E-state index contributed by atoms with van der Waals surface area (Å²) in [7, 11) is 0. The number of carbonyl (C=O) groups is 1. The quantitative estimate of drug-likeness (QED) is 0.771. The van der Waals surface area contributed by atoms with E-state index in [1.807, 2.05) is 0 Å². The molecule has 2 fully saturated rings. The van der Waals surface area contributed by atoms with Gasteiger partial charge in [-0.05, 0) is 62.7 Å². The summed E-state index contributed by atoms with van der Waals surface area (Å²) in [4.78, 5) is 31.4. The molecule has 2 saturated carbocycles. The van der Waals surface area contributed by atoms with Crippen LogP contribution in [0.25, 0.3) is 4.96 Å². The van der Waals surface area contributed by atoms with Crippen molar-refractivity contribution in [1.29, 1.82) is 0 Å². The van der Waals surface area contributed by atoms with E-state index in [1.165, 1.54) is 43.0 Å². The van der Waals surface area contributed by atoms with Crippen molar-refractivity contribution in [2.24, 2.45) is 17.8 Å². The minimum absolute atomic E-state index is 0.0476. The standard InChI is InChI=1S/C20H24N2O3S/c23-18-10-15(21-20-22(18)16-3-1-2-4-17(16)26-20)11-25-19(24)9-14-8-12-5-6-13(14)7-12/h10,12-14H,1-9,11H2/t12-,13+,14+/m0/s1. The number of fused-ring (bicyclic) bond motifs is 5. The number of nitrogens with zero attached hydrogens (tertiary/aromatic N) is 2. The summed E-state index contributed by atoms with van der Waals surface area (Å²) in [5.41, 5.74) is 1.65. The summed E-state index contributed by atoms with van der Waals surface area (Å²) < 4.78 is 7.21. The predicted octanol–water partition coefficient (Wildman–Crippen LogP) is 3.50. The molecule has 26 heavy (non-hydrogen) atoms. The fraction of sp³-hybridized carbons (Fsp3) is 0.650. The van der Waals surface area contributed by atoms with E-state index in [0.717, 1.165) is 41.8 Å². The highest BCUT2D eigenvalue weighted by Crippen LogP contribution is 2.49. The molecule has 0 amide bonds. The lowest BCUT2D eigenvalue weighted by Gasteiger charge is -2.20. The minimum Gasteiger partial charge on any atom is -0.459 e. The van der Waals surface area contributed by atoms with Gasteiger partial charge in [-0.2, -0.15) is 0 Å². The Kier molecular flexibility index (Phi) is 4.11. The molecule has 2 aromatic heterocycles. The average molecular weight is 372 g/mol. The number of thiazole rings is 1. The number of aryl methyl sites for hydroxylation is 2. The van der Waals surface area contributed by atoms with Gasteiger partial charge in [0.05, 0.1) is 5.69 Å². The molecule has 2 aromatic rings. The molecule has 2 heterocycles. The van der Waals surface area contributed by atoms with E-state index in [9.17, 15) is 9.59 Å². The number of esters is 1. The van der Waals surface area contributed by atoms with E-state index in [0.29, 0.717) is 18.0 Å². The van der Waals surface area contributed by atoms with Gasteiger partial charge in [-0.3, -0.25) is 14.0 Å². The van der Waals surface area contributed by atoms with Gasteiger partial charge in [-0.15, -0.1) is 11.3 Å². The third-order valence-electron chi connectivity index (χ3n) is 6.51. The highest BCUT2D eigenvalue weighted by atomic mass is 32.1. The first-order valence-corrected chi connectivity index (χ1v) is 10.7. The smallest absolute Gasteiger partial charge is 0.306 e. The summed E-state index contributed by atoms with van der Waals surface area (Å²) in [5.74, 6) is 1.93. The van der Waals surface area contributed by atoms with Crippen molar-refractivity contribution in [3.63, 3.8) is 0 Å². The molecule has 2 bridgehead atoms. The number of aromatic nitrogens is 2. The summed E-state index contributed by atoms with van der Waals surface area (Å²) >= 11 is 1.61. The van der Waals surface area contributed by atoms with Crippen molar-refractivity contribution >= 4 is 22.3 Å². The van der Waals surface area contributed by atoms with Crippen LogP contribution in [-0.2, 0) is 29.0 Å². The van der Waals surface area contributed by atoms with E-state index in [2.05, 4.69) is 4.98 Å². The summed E-state index contributed by atoms with van der Waals surface area (Å²) in [6.45, 7) is 0.105. The maximum Gasteiger partial charge on any atom is 0.306 e. The van der Waals surface area contributed by atoms with Crippen LogP contribution in [-0.4, -0.2) is 15.4 Å². The zero-order valence-electron chi connectivity index (χ0n) is 14.9. The molecule has 138 valence electrons. The van der Waals surface area contributed by atoms with Crippen molar-refractivity contribution in [3.8, 4) is 0 Å². The van der Waals surface area contributed by atoms with Crippen LogP contribution in [0.3, 0.4) is 0 Å². The van der Waals surface area contributed by atoms with Crippen molar-refractivity contribution in [2.45, 2.75) is 64.4 Å². The topological polar surface area (TPSA) is 60.7 Å². The molecule has 0 unspecified atom stereocenters. The maximum absolute atomic E-state index is 12.5. The molecule has 0 radical (unpaired) electrons. The molecule has 0 aliphatic heterocycles. The summed E-state index contributed by atoms with van der Waals surface area (Å²) in [6, 6.07) is 1.53. The predicted molar refractivity (Wildman–Crippen MR) is 99.3 cm³/mol. The van der Waals surface area contributed by atoms with Crippen LogP contribution in [0.1, 0.15) is 61.2 Å². The molecule has 6 heteroatoms. The Morgan fingerprint density at radius 1 is 1.27 bits per heavy atom. The fourth-order valence-electron chi connectivity index (χ4n) is 5.27. The molecule has 3 aliphatic carbocycles. The van der Waals surface area contributed by atoms with Gasteiger partial charge >= 0.3 is 5.97 Å². The normalized spacial score (nSPS) is 27.0. The number of hydrogen-bond acceptors (Lipinski definition) is 5. The van der Waals surface area contributed by atoms with Gasteiger partial charge in [0.15, 0.2) is 4.96 Å². The van der Waals surface area contributed by atoms with E-state index < -0.39 is 0 Å².